The van der Waals surface area contributed by atoms with Gasteiger partial charge in [0, 0.05) is 32.6 Å². The number of amides is 1. The molecule has 18 heavy (non-hydrogen) atoms. The Morgan fingerprint density at radius 1 is 1.50 bits per heavy atom. The first-order chi connectivity index (χ1) is 7.54. The molecule has 1 aliphatic heterocycles. The smallest absolute Gasteiger partial charge is 0.226 e. The molecule has 4 nitrogen and oxygen atoms in total. The second-order valence-corrected chi connectivity index (χ2v) is 5.13. The Balaban J connectivity index is 0. The topological polar surface area (TPSA) is 49.6 Å². The van der Waals surface area contributed by atoms with Crippen LogP contribution in [0.15, 0.2) is 0 Å². The summed E-state index contributed by atoms with van der Waals surface area (Å²) in [5.74, 6) is 0.750. The van der Waals surface area contributed by atoms with Gasteiger partial charge in [-0.1, -0.05) is 6.92 Å². The van der Waals surface area contributed by atoms with Crippen LogP contribution in [0.3, 0.4) is 0 Å². The Bertz CT molecular complexity index is 241. The zero-order chi connectivity index (χ0) is 12.1. The van der Waals surface area contributed by atoms with E-state index in [-0.39, 0.29) is 36.6 Å². The van der Waals surface area contributed by atoms with Crippen molar-refractivity contribution >= 4 is 30.7 Å². The molecule has 110 valence electrons. The molecule has 2 N–H and O–H groups in total. The normalized spacial score (nSPS) is 21.4. The summed E-state index contributed by atoms with van der Waals surface area (Å²) in [4.78, 5) is 16.1. The van der Waals surface area contributed by atoms with Crippen molar-refractivity contribution in [2.75, 3.05) is 40.3 Å². The van der Waals surface area contributed by atoms with Crippen molar-refractivity contribution < 1.29 is 4.79 Å². The molecule has 2 atom stereocenters. The maximum atomic E-state index is 11.9. The van der Waals surface area contributed by atoms with Crippen molar-refractivity contribution in [1.82, 2.24) is 9.80 Å². The lowest BCUT2D eigenvalue weighted by Crippen LogP contribution is -2.42. The fourth-order valence-corrected chi connectivity index (χ4v) is 2.38. The summed E-state index contributed by atoms with van der Waals surface area (Å²) in [6.07, 6.45) is 2.48. The van der Waals surface area contributed by atoms with E-state index in [2.05, 4.69) is 11.9 Å². The Hall–Kier alpha value is -0.0300. The second kappa shape index (κ2) is 9.84. The third-order valence-corrected chi connectivity index (χ3v) is 3.41. The summed E-state index contributed by atoms with van der Waals surface area (Å²) in [7, 11) is 4.04. The lowest BCUT2D eigenvalue weighted by atomic mass is 9.97. The quantitative estimate of drug-likeness (QED) is 0.849. The van der Waals surface area contributed by atoms with Gasteiger partial charge in [0.1, 0.15) is 0 Å². The summed E-state index contributed by atoms with van der Waals surface area (Å²) in [5, 5.41) is 0. The fourth-order valence-electron chi connectivity index (χ4n) is 2.38. The molecular weight excluding hydrogens is 273 g/mol. The average molecular weight is 300 g/mol. The van der Waals surface area contributed by atoms with Crippen LogP contribution in [0, 0.1) is 11.8 Å². The van der Waals surface area contributed by atoms with Gasteiger partial charge in [0.2, 0.25) is 5.91 Å². The van der Waals surface area contributed by atoms with E-state index in [1.807, 2.05) is 18.9 Å². The molecule has 0 saturated carbocycles. The number of hydrogen-bond acceptors (Lipinski definition) is 3. The second-order valence-electron chi connectivity index (χ2n) is 5.13. The number of hydrogen-bond donors (Lipinski definition) is 1. The molecule has 1 fully saturated rings. The number of likely N-dealkylation sites (tertiary alicyclic amines) is 1. The zero-order valence-corrected chi connectivity index (χ0v) is 13.2. The minimum atomic E-state index is -0.0497. The highest BCUT2D eigenvalue weighted by Gasteiger charge is 2.22. The molecule has 0 aromatic heterocycles. The van der Waals surface area contributed by atoms with Crippen molar-refractivity contribution in [3.8, 4) is 0 Å². The Morgan fingerprint density at radius 2 is 2.11 bits per heavy atom. The third-order valence-electron chi connectivity index (χ3n) is 3.41. The van der Waals surface area contributed by atoms with Gasteiger partial charge < -0.3 is 15.5 Å². The van der Waals surface area contributed by atoms with Gasteiger partial charge in [0.25, 0.3) is 0 Å². The Morgan fingerprint density at radius 3 is 2.61 bits per heavy atom. The van der Waals surface area contributed by atoms with Crippen LogP contribution in [0.4, 0.5) is 0 Å². The molecular formula is C12H27Cl2N3O. The van der Waals surface area contributed by atoms with Crippen molar-refractivity contribution in [3.63, 3.8) is 0 Å². The number of carbonyl (C=O) groups is 1. The highest BCUT2D eigenvalue weighted by atomic mass is 35.5. The maximum absolute atomic E-state index is 11.9. The lowest BCUT2D eigenvalue weighted by molar-refractivity contribution is -0.134. The molecule has 1 amide bonds. The third kappa shape index (κ3) is 6.23. The van der Waals surface area contributed by atoms with Crippen LogP contribution in [-0.4, -0.2) is 56.0 Å². The average Bonchev–Trinajstić information content (AvgIpc) is 2.27. The van der Waals surface area contributed by atoms with Crippen LogP contribution in [0.2, 0.25) is 0 Å². The molecule has 0 aliphatic carbocycles. The summed E-state index contributed by atoms with van der Waals surface area (Å²) >= 11 is 0. The molecule has 1 heterocycles. The van der Waals surface area contributed by atoms with E-state index in [9.17, 15) is 4.79 Å². The first kappa shape index (κ1) is 20.3. The summed E-state index contributed by atoms with van der Waals surface area (Å²) in [6.45, 7) is 5.50. The van der Waals surface area contributed by atoms with Crippen molar-refractivity contribution in [1.29, 1.82) is 0 Å². The highest BCUT2D eigenvalue weighted by molar-refractivity contribution is 5.85. The minimum absolute atomic E-state index is 0. The molecule has 1 saturated heterocycles. The summed E-state index contributed by atoms with van der Waals surface area (Å²) < 4.78 is 0. The van der Waals surface area contributed by atoms with E-state index in [4.69, 9.17) is 5.73 Å². The molecule has 0 bridgehead atoms. The number of rotatable bonds is 4. The number of halogens is 2. The minimum Gasteiger partial charge on any atom is -0.345 e. The van der Waals surface area contributed by atoms with E-state index < -0.39 is 0 Å². The van der Waals surface area contributed by atoms with Gasteiger partial charge >= 0.3 is 0 Å². The highest BCUT2D eigenvalue weighted by Crippen LogP contribution is 2.16. The summed E-state index contributed by atoms with van der Waals surface area (Å²) in [5.41, 5.74) is 5.51. The molecule has 0 aromatic carbocycles. The van der Waals surface area contributed by atoms with Crippen LogP contribution in [0.5, 0.6) is 0 Å². The lowest BCUT2D eigenvalue weighted by Gasteiger charge is -2.33. The van der Waals surface area contributed by atoms with Gasteiger partial charge in [-0.2, -0.15) is 0 Å². The van der Waals surface area contributed by atoms with E-state index in [1.165, 1.54) is 19.4 Å². The van der Waals surface area contributed by atoms with E-state index >= 15 is 0 Å². The number of carbonyl (C=O) groups excluding carboxylic acids is 1. The van der Waals surface area contributed by atoms with Crippen molar-refractivity contribution in [2.24, 2.45) is 17.6 Å². The maximum Gasteiger partial charge on any atom is 0.226 e. The monoisotopic (exact) mass is 299 g/mol. The largest absolute Gasteiger partial charge is 0.345 e. The fraction of sp³-hybridized carbons (Fsp3) is 0.917. The first-order valence-electron chi connectivity index (χ1n) is 6.18. The number of nitrogens with zero attached hydrogens (tertiary/aromatic N) is 2. The zero-order valence-electron chi connectivity index (χ0n) is 11.6. The molecule has 0 spiro atoms. The predicted octanol–water partition coefficient (Wildman–Crippen LogP) is 1.22. The SMILES string of the molecule is CC(CN)C(=O)N(C)CC1CCCN(C)C1.Cl.Cl. The molecule has 1 rings (SSSR count). The predicted molar refractivity (Wildman–Crippen MR) is 80.6 cm³/mol. The van der Waals surface area contributed by atoms with Gasteiger partial charge in [-0.3, -0.25) is 4.79 Å². The molecule has 0 radical (unpaired) electrons. The summed E-state index contributed by atoms with van der Waals surface area (Å²) in [6, 6.07) is 0. The van der Waals surface area contributed by atoms with Crippen molar-refractivity contribution in [3.05, 3.63) is 0 Å². The molecule has 2 unspecified atom stereocenters. The van der Waals surface area contributed by atoms with Crippen molar-refractivity contribution in [2.45, 2.75) is 19.8 Å². The standard InChI is InChI=1S/C12H25N3O.2ClH/c1-10(7-13)12(16)15(3)9-11-5-4-6-14(2)8-11;;/h10-11H,4-9,13H2,1-3H3;2*1H. The van der Waals surface area contributed by atoms with E-state index in [1.54, 1.807) is 0 Å². The van der Waals surface area contributed by atoms with Crippen LogP contribution in [-0.2, 0) is 4.79 Å². The Labute approximate surface area is 123 Å². The van der Waals surface area contributed by atoms with E-state index in [0.29, 0.717) is 12.5 Å². The van der Waals surface area contributed by atoms with Gasteiger partial charge in [-0.05, 0) is 32.4 Å². The van der Waals surface area contributed by atoms with Gasteiger partial charge in [-0.25, -0.2) is 0 Å². The molecule has 6 heteroatoms. The Kier molecular flexibility index (Phi) is 11.1. The van der Waals surface area contributed by atoms with Gasteiger partial charge in [0.15, 0.2) is 0 Å². The number of nitrogens with two attached hydrogens (primary N) is 1. The van der Waals surface area contributed by atoms with Crippen LogP contribution >= 0.6 is 24.8 Å². The number of piperidine rings is 1. The van der Waals surface area contributed by atoms with Crippen LogP contribution in [0.25, 0.3) is 0 Å². The molecule has 1 aliphatic rings. The van der Waals surface area contributed by atoms with Crippen LogP contribution < -0.4 is 5.73 Å². The van der Waals surface area contributed by atoms with E-state index in [0.717, 1.165) is 13.1 Å². The van der Waals surface area contributed by atoms with Gasteiger partial charge in [-0.15, -0.1) is 24.8 Å². The first-order valence-corrected chi connectivity index (χ1v) is 6.18. The molecule has 0 aromatic rings. The van der Waals surface area contributed by atoms with Crippen LogP contribution in [0.1, 0.15) is 19.8 Å². The van der Waals surface area contributed by atoms with Gasteiger partial charge in [0.05, 0.1) is 0 Å².